The summed E-state index contributed by atoms with van der Waals surface area (Å²) in [7, 11) is 1.56. The first-order valence-electron chi connectivity index (χ1n) is 7.72. The Hall–Kier alpha value is -3.92. The van der Waals surface area contributed by atoms with Gasteiger partial charge in [-0.1, -0.05) is 12.1 Å². The number of rotatable bonds is 5. The predicted molar refractivity (Wildman–Crippen MR) is 97.4 cm³/mol. The molecule has 0 aliphatic rings. The number of amides is 1. The van der Waals surface area contributed by atoms with Gasteiger partial charge in [0.25, 0.3) is 5.91 Å². The Labute approximate surface area is 150 Å². The third-order valence-corrected chi connectivity index (χ3v) is 3.49. The normalized spacial score (nSPS) is 9.85. The minimum absolute atomic E-state index is 0.210. The molecule has 0 bridgehead atoms. The van der Waals surface area contributed by atoms with Crippen LogP contribution in [0.5, 0.6) is 5.75 Å². The van der Waals surface area contributed by atoms with Gasteiger partial charge < -0.3 is 15.4 Å². The van der Waals surface area contributed by atoms with Gasteiger partial charge in [-0.25, -0.2) is 9.97 Å². The molecule has 128 valence electrons. The van der Waals surface area contributed by atoms with Crippen molar-refractivity contribution in [1.82, 2.24) is 9.97 Å². The highest BCUT2D eigenvalue weighted by atomic mass is 16.5. The maximum absolute atomic E-state index is 12.4. The first-order chi connectivity index (χ1) is 12.7. The van der Waals surface area contributed by atoms with Crippen molar-refractivity contribution in [2.45, 2.75) is 0 Å². The summed E-state index contributed by atoms with van der Waals surface area (Å²) in [6.07, 6.45) is 1.30. The van der Waals surface area contributed by atoms with Crippen molar-refractivity contribution in [1.29, 1.82) is 5.26 Å². The fourth-order valence-electron chi connectivity index (χ4n) is 2.26. The van der Waals surface area contributed by atoms with Gasteiger partial charge in [0.05, 0.1) is 18.7 Å². The maximum atomic E-state index is 12.4. The molecule has 7 heteroatoms. The van der Waals surface area contributed by atoms with E-state index in [0.29, 0.717) is 28.5 Å². The van der Waals surface area contributed by atoms with Crippen molar-refractivity contribution in [2.75, 3.05) is 17.7 Å². The standard InChI is InChI=1S/C19H15N5O2/c1-26-16-7-3-6-15(9-16)24-19(25)17-10-18(22-12-21-17)23-14-5-2-4-13(8-14)11-20/h2-10,12H,1H3,(H,24,25)(H,21,22,23). The molecule has 0 unspecified atom stereocenters. The molecule has 1 amide bonds. The molecular weight excluding hydrogens is 330 g/mol. The lowest BCUT2D eigenvalue weighted by atomic mass is 10.2. The van der Waals surface area contributed by atoms with Crippen LogP contribution in [0.25, 0.3) is 0 Å². The number of benzene rings is 2. The van der Waals surface area contributed by atoms with Gasteiger partial charge >= 0.3 is 0 Å². The molecule has 0 fully saturated rings. The Bertz CT molecular complexity index is 981. The summed E-state index contributed by atoms with van der Waals surface area (Å²) >= 11 is 0. The summed E-state index contributed by atoms with van der Waals surface area (Å²) in [4.78, 5) is 20.5. The molecule has 7 nitrogen and oxygen atoms in total. The van der Waals surface area contributed by atoms with Gasteiger partial charge in [-0.3, -0.25) is 4.79 Å². The second kappa shape index (κ2) is 7.77. The van der Waals surface area contributed by atoms with Crippen molar-refractivity contribution >= 4 is 23.1 Å². The van der Waals surface area contributed by atoms with Gasteiger partial charge in [-0.05, 0) is 30.3 Å². The molecule has 2 N–H and O–H groups in total. The van der Waals surface area contributed by atoms with Gasteiger partial charge in [0, 0.05) is 23.5 Å². The first-order valence-corrected chi connectivity index (χ1v) is 7.72. The monoisotopic (exact) mass is 345 g/mol. The third-order valence-electron chi connectivity index (χ3n) is 3.49. The van der Waals surface area contributed by atoms with Crippen LogP contribution in [0.15, 0.2) is 60.9 Å². The number of carbonyl (C=O) groups excluding carboxylic acids is 1. The number of nitrogens with one attached hydrogen (secondary N) is 2. The van der Waals surface area contributed by atoms with Crippen LogP contribution in [0.4, 0.5) is 17.2 Å². The van der Waals surface area contributed by atoms with E-state index in [0.717, 1.165) is 0 Å². The second-order valence-electron chi connectivity index (χ2n) is 5.29. The molecule has 26 heavy (non-hydrogen) atoms. The van der Waals surface area contributed by atoms with Gasteiger partial charge in [0.1, 0.15) is 23.6 Å². The average molecular weight is 345 g/mol. The van der Waals surface area contributed by atoms with Crippen molar-refractivity contribution in [3.05, 3.63) is 72.2 Å². The Kier molecular flexibility index (Phi) is 5.05. The minimum atomic E-state index is -0.366. The van der Waals surface area contributed by atoms with Crippen molar-refractivity contribution in [3.8, 4) is 11.8 Å². The molecular formula is C19H15N5O2. The van der Waals surface area contributed by atoms with E-state index in [1.807, 2.05) is 0 Å². The fraction of sp³-hybridized carbons (Fsp3) is 0.0526. The van der Waals surface area contributed by atoms with Gasteiger partial charge in [0.15, 0.2) is 0 Å². The van der Waals surface area contributed by atoms with E-state index in [9.17, 15) is 4.79 Å². The fourth-order valence-corrected chi connectivity index (χ4v) is 2.26. The summed E-state index contributed by atoms with van der Waals surface area (Å²) in [5, 5.41) is 14.8. The number of carbonyl (C=O) groups is 1. The van der Waals surface area contributed by atoms with Crippen LogP contribution < -0.4 is 15.4 Å². The largest absolute Gasteiger partial charge is 0.497 e. The lowest BCUT2D eigenvalue weighted by Crippen LogP contribution is -2.14. The summed E-state index contributed by atoms with van der Waals surface area (Å²) in [5.74, 6) is 0.727. The maximum Gasteiger partial charge on any atom is 0.274 e. The molecule has 3 rings (SSSR count). The number of ether oxygens (including phenoxy) is 1. The Morgan fingerprint density at radius 3 is 2.69 bits per heavy atom. The van der Waals surface area contributed by atoms with Crippen molar-refractivity contribution in [2.24, 2.45) is 0 Å². The summed E-state index contributed by atoms with van der Waals surface area (Å²) < 4.78 is 5.14. The molecule has 0 aliphatic carbocycles. The van der Waals surface area contributed by atoms with Gasteiger partial charge in [0.2, 0.25) is 0 Å². The topological polar surface area (TPSA) is 99.9 Å². The third kappa shape index (κ3) is 4.13. The number of hydrogen-bond donors (Lipinski definition) is 2. The average Bonchev–Trinajstić information content (AvgIpc) is 2.68. The molecule has 0 radical (unpaired) electrons. The van der Waals surface area contributed by atoms with Crippen molar-refractivity contribution in [3.63, 3.8) is 0 Å². The Morgan fingerprint density at radius 1 is 1.08 bits per heavy atom. The molecule has 0 saturated heterocycles. The van der Waals surface area contributed by atoms with E-state index in [1.165, 1.54) is 12.4 Å². The molecule has 2 aromatic carbocycles. The zero-order valence-electron chi connectivity index (χ0n) is 13.9. The van der Waals surface area contributed by atoms with E-state index in [1.54, 1.807) is 55.6 Å². The molecule has 0 saturated carbocycles. The van der Waals surface area contributed by atoms with Crippen LogP contribution in [0.2, 0.25) is 0 Å². The predicted octanol–water partition coefficient (Wildman–Crippen LogP) is 3.35. The highest BCUT2D eigenvalue weighted by molar-refractivity contribution is 6.03. The SMILES string of the molecule is COc1cccc(NC(=O)c2cc(Nc3cccc(C#N)c3)ncn2)c1. The summed E-state index contributed by atoms with van der Waals surface area (Å²) in [6, 6.07) is 17.6. The van der Waals surface area contributed by atoms with E-state index in [2.05, 4.69) is 26.7 Å². The number of nitrogens with zero attached hydrogens (tertiary/aromatic N) is 3. The Morgan fingerprint density at radius 2 is 1.88 bits per heavy atom. The number of aromatic nitrogens is 2. The lowest BCUT2D eigenvalue weighted by Gasteiger charge is -2.08. The smallest absolute Gasteiger partial charge is 0.274 e. The quantitative estimate of drug-likeness (QED) is 0.735. The zero-order valence-corrected chi connectivity index (χ0v) is 13.9. The van der Waals surface area contributed by atoms with Crippen LogP contribution in [0, 0.1) is 11.3 Å². The van der Waals surface area contributed by atoms with Crippen molar-refractivity contribution < 1.29 is 9.53 Å². The Balaban J connectivity index is 1.75. The summed E-state index contributed by atoms with van der Waals surface area (Å²) in [5.41, 5.74) is 2.04. The molecule has 0 atom stereocenters. The number of hydrogen-bond acceptors (Lipinski definition) is 6. The molecule has 0 aliphatic heterocycles. The van der Waals surface area contributed by atoms with E-state index in [-0.39, 0.29) is 11.6 Å². The van der Waals surface area contributed by atoms with Crippen LogP contribution >= 0.6 is 0 Å². The molecule has 0 spiro atoms. The van der Waals surface area contributed by atoms with Crippen LogP contribution in [0.1, 0.15) is 16.1 Å². The highest BCUT2D eigenvalue weighted by Gasteiger charge is 2.10. The van der Waals surface area contributed by atoms with Crippen LogP contribution in [0.3, 0.4) is 0 Å². The molecule has 1 aromatic heterocycles. The van der Waals surface area contributed by atoms with E-state index >= 15 is 0 Å². The zero-order chi connectivity index (χ0) is 18.4. The number of anilines is 3. The minimum Gasteiger partial charge on any atom is -0.497 e. The molecule has 1 heterocycles. The van der Waals surface area contributed by atoms with Crippen LogP contribution in [-0.2, 0) is 0 Å². The van der Waals surface area contributed by atoms with Gasteiger partial charge in [-0.15, -0.1) is 0 Å². The van der Waals surface area contributed by atoms with E-state index in [4.69, 9.17) is 10.00 Å². The van der Waals surface area contributed by atoms with Gasteiger partial charge in [-0.2, -0.15) is 5.26 Å². The highest BCUT2D eigenvalue weighted by Crippen LogP contribution is 2.19. The first kappa shape index (κ1) is 16.9. The van der Waals surface area contributed by atoms with Crippen LogP contribution in [-0.4, -0.2) is 23.0 Å². The van der Waals surface area contributed by atoms with E-state index < -0.39 is 0 Å². The summed E-state index contributed by atoms with van der Waals surface area (Å²) in [6.45, 7) is 0. The second-order valence-corrected chi connectivity index (χ2v) is 5.29. The lowest BCUT2D eigenvalue weighted by molar-refractivity contribution is 0.102. The number of methoxy groups -OCH3 is 1. The number of nitriles is 1. The molecule has 3 aromatic rings.